The third kappa shape index (κ3) is 6.46. The molecule has 1 heterocycles. The third-order valence-electron chi connectivity index (χ3n) is 1.18. The maximum Gasteiger partial charge on any atom is 0.0902 e. The molecule has 0 aliphatic rings. The molecule has 2 aromatic rings. The molecule has 1 N–H and O–H groups in total. The maximum absolute atomic E-state index is 8.63. The number of hydrogen-bond acceptors (Lipinski definition) is 2. The SMILES string of the molecule is Oc1ccccc1.[NaH].c1ccoc1. The van der Waals surface area contributed by atoms with E-state index in [0.29, 0.717) is 5.75 Å². The topological polar surface area (TPSA) is 33.4 Å². The molecule has 0 amide bonds. The third-order valence-corrected chi connectivity index (χ3v) is 1.18. The Hall–Kier alpha value is -0.700. The van der Waals surface area contributed by atoms with Crippen molar-refractivity contribution in [3.63, 3.8) is 0 Å². The second-order valence-electron chi connectivity index (χ2n) is 2.13. The van der Waals surface area contributed by atoms with E-state index in [4.69, 9.17) is 5.11 Å². The van der Waals surface area contributed by atoms with Gasteiger partial charge in [0, 0.05) is 0 Å². The number of furan rings is 1. The van der Waals surface area contributed by atoms with Crippen molar-refractivity contribution < 1.29 is 9.52 Å². The Morgan fingerprint density at radius 1 is 0.846 bits per heavy atom. The van der Waals surface area contributed by atoms with Crippen LogP contribution < -0.4 is 0 Å². The molecule has 0 spiro atoms. The van der Waals surface area contributed by atoms with E-state index in [1.807, 2.05) is 18.2 Å². The molecular weight excluding hydrogens is 175 g/mol. The number of para-hydroxylation sites is 1. The first kappa shape index (κ1) is 12.3. The molecule has 1 aromatic heterocycles. The van der Waals surface area contributed by atoms with E-state index in [-0.39, 0.29) is 29.6 Å². The fourth-order valence-corrected chi connectivity index (χ4v) is 0.655. The Bertz CT molecular complexity index is 262. The van der Waals surface area contributed by atoms with Crippen molar-refractivity contribution in [2.75, 3.05) is 0 Å². The summed E-state index contributed by atoms with van der Waals surface area (Å²) >= 11 is 0. The second kappa shape index (κ2) is 7.92. The summed E-state index contributed by atoms with van der Waals surface area (Å²) in [4.78, 5) is 0. The fraction of sp³-hybridized carbons (Fsp3) is 0. The Labute approximate surface area is 99.5 Å². The second-order valence-corrected chi connectivity index (χ2v) is 2.13. The molecule has 1 aromatic carbocycles. The van der Waals surface area contributed by atoms with Crippen LogP contribution in [-0.2, 0) is 0 Å². The summed E-state index contributed by atoms with van der Waals surface area (Å²) in [5.74, 6) is 0.322. The first-order chi connectivity index (χ1) is 5.89. The summed E-state index contributed by atoms with van der Waals surface area (Å²) in [6, 6.07) is 12.4. The Morgan fingerprint density at radius 2 is 1.38 bits per heavy atom. The van der Waals surface area contributed by atoms with E-state index in [0.717, 1.165) is 0 Å². The molecular formula is C10H11NaO2. The summed E-state index contributed by atoms with van der Waals surface area (Å²) in [6.45, 7) is 0. The van der Waals surface area contributed by atoms with E-state index in [9.17, 15) is 0 Å². The van der Waals surface area contributed by atoms with Crippen LogP contribution in [0.3, 0.4) is 0 Å². The Kier molecular flexibility index (Phi) is 7.50. The predicted octanol–water partition coefficient (Wildman–Crippen LogP) is 2.02. The van der Waals surface area contributed by atoms with E-state index >= 15 is 0 Å². The molecule has 2 rings (SSSR count). The maximum atomic E-state index is 8.63. The summed E-state index contributed by atoms with van der Waals surface area (Å²) in [7, 11) is 0. The van der Waals surface area contributed by atoms with Crippen LogP contribution >= 0.6 is 0 Å². The van der Waals surface area contributed by atoms with Gasteiger partial charge < -0.3 is 9.52 Å². The predicted molar refractivity (Wildman–Crippen MR) is 54.0 cm³/mol. The summed E-state index contributed by atoms with van der Waals surface area (Å²) in [6.07, 6.45) is 3.25. The summed E-state index contributed by atoms with van der Waals surface area (Å²) in [5.41, 5.74) is 0. The van der Waals surface area contributed by atoms with Crippen LogP contribution in [0.5, 0.6) is 5.75 Å². The van der Waals surface area contributed by atoms with Crippen LogP contribution in [0.15, 0.2) is 59.4 Å². The van der Waals surface area contributed by atoms with Gasteiger partial charge in [0.1, 0.15) is 5.75 Å². The quantitative estimate of drug-likeness (QED) is 0.638. The monoisotopic (exact) mass is 186 g/mol. The molecule has 0 bridgehead atoms. The molecule has 0 aliphatic heterocycles. The van der Waals surface area contributed by atoms with Gasteiger partial charge in [0.25, 0.3) is 0 Å². The molecule has 0 saturated carbocycles. The Balaban J connectivity index is 0.000000215. The van der Waals surface area contributed by atoms with Crippen molar-refractivity contribution in [1.29, 1.82) is 0 Å². The number of aromatic hydroxyl groups is 1. The van der Waals surface area contributed by atoms with Gasteiger partial charge >= 0.3 is 29.6 Å². The van der Waals surface area contributed by atoms with Crippen molar-refractivity contribution >= 4 is 29.6 Å². The molecule has 0 unspecified atom stereocenters. The number of phenols is 1. The molecule has 2 nitrogen and oxygen atoms in total. The fourth-order valence-electron chi connectivity index (χ4n) is 0.655. The van der Waals surface area contributed by atoms with Crippen LogP contribution in [0.2, 0.25) is 0 Å². The molecule has 64 valence electrons. The van der Waals surface area contributed by atoms with Crippen molar-refractivity contribution in [2.45, 2.75) is 0 Å². The first-order valence-electron chi connectivity index (χ1n) is 3.61. The van der Waals surface area contributed by atoms with Crippen LogP contribution in [0.1, 0.15) is 0 Å². The van der Waals surface area contributed by atoms with Gasteiger partial charge in [0.05, 0.1) is 12.5 Å². The number of benzene rings is 1. The van der Waals surface area contributed by atoms with Crippen LogP contribution in [0.25, 0.3) is 0 Å². The molecule has 13 heavy (non-hydrogen) atoms. The van der Waals surface area contributed by atoms with Crippen molar-refractivity contribution in [1.82, 2.24) is 0 Å². The van der Waals surface area contributed by atoms with Crippen LogP contribution in [0.4, 0.5) is 0 Å². The van der Waals surface area contributed by atoms with Gasteiger partial charge in [0.2, 0.25) is 0 Å². The van der Waals surface area contributed by atoms with Gasteiger partial charge in [-0.25, -0.2) is 0 Å². The average molecular weight is 186 g/mol. The molecule has 0 aliphatic carbocycles. The van der Waals surface area contributed by atoms with Crippen molar-refractivity contribution in [3.05, 3.63) is 55.0 Å². The van der Waals surface area contributed by atoms with Crippen LogP contribution in [0, 0.1) is 0 Å². The zero-order valence-corrected chi connectivity index (χ0v) is 6.55. The number of hydrogen-bond donors (Lipinski definition) is 1. The molecule has 0 atom stereocenters. The van der Waals surface area contributed by atoms with E-state index in [1.54, 1.807) is 36.8 Å². The van der Waals surface area contributed by atoms with Gasteiger partial charge in [-0.05, 0) is 24.3 Å². The van der Waals surface area contributed by atoms with E-state index in [1.165, 1.54) is 0 Å². The van der Waals surface area contributed by atoms with Gasteiger partial charge in [-0.2, -0.15) is 0 Å². The smallest absolute Gasteiger partial charge is 0.0902 e. The molecule has 0 saturated heterocycles. The van der Waals surface area contributed by atoms with E-state index in [2.05, 4.69) is 4.42 Å². The summed E-state index contributed by atoms with van der Waals surface area (Å²) in [5, 5.41) is 8.63. The van der Waals surface area contributed by atoms with Gasteiger partial charge in [-0.1, -0.05) is 18.2 Å². The van der Waals surface area contributed by atoms with Gasteiger partial charge in [-0.15, -0.1) is 0 Å². The van der Waals surface area contributed by atoms with Gasteiger partial charge in [0.15, 0.2) is 0 Å². The minimum absolute atomic E-state index is 0. The number of rotatable bonds is 0. The first-order valence-corrected chi connectivity index (χ1v) is 3.61. The van der Waals surface area contributed by atoms with Gasteiger partial charge in [-0.3, -0.25) is 0 Å². The number of phenolic OH excluding ortho intramolecular Hbond substituents is 1. The summed E-state index contributed by atoms with van der Waals surface area (Å²) < 4.78 is 4.58. The minimum atomic E-state index is 0. The standard InChI is InChI=1S/C6H6O.C4H4O.Na.H/c7-6-4-2-1-3-5-6;1-2-4-5-3-1;;/h1-5,7H;1-4H;;. The minimum Gasteiger partial charge on any atom is -0.473 e. The normalized spacial score (nSPS) is 7.69. The Morgan fingerprint density at radius 3 is 1.62 bits per heavy atom. The molecule has 0 radical (unpaired) electrons. The van der Waals surface area contributed by atoms with Crippen molar-refractivity contribution in [3.8, 4) is 5.75 Å². The largest absolute Gasteiger partial charge is 0.473 e. The zero-order chi connectivity index (χ0) is 8.65. The van der Waals surface area contributed by atoms with Crippen molar-refractivity contribution in [2.24, 2.45) is 0 Å². The van der Waals surface area contributed by atoms with E-state index < -0.39 is 0 Å². The zero-order valence-electron chi connectivity index (χ0n) is 6.55. The average Bonchev–Trinajstić information content (AvgIpc) is 2.62. The molecule has 3 heteroatoms. The molecule has 0 fully saturated rings. The van der Waals surface area contributed by atoms with Crippen LogP contribution in [-0.4, -0.2) is 34.7 Å².